The molecule has 2 aromatic rings. The van der Waals surface area contributed by atoms with Gasteiger partial charge in [-0.05, 0) is 55.0 Å². The van der Waals surface area contributed by atoms with E-state index in [1.807, 2.05) is 24.3 Å². The van der Waals surface area contributed by atoms with Crippen LogP contribution in [-0.4, -0.2) is 20.4 Å². The third kappa shape index (κ3) is 6.15. The molecule has 1 aliphatic rings. The van der Waals surface area contributed by atoms with Crippen molar-refractivity contribution in [2.45, 2.75) is 69.2 Å². The maximum atomic E-state index is 12.6. The smallest absolute Gasteiger partial charge is 0.240 e. The average Bonchev–Trinajstić information content (AvgIpc) is 2.73. The number of aryl methyl sites for hydroxylation is 2. The Bertz CT molecular complexity index is 917. The highest BCUT2D eigenvalue weighted by Gasteiger charge is 2.21. The average molecular weight is 415 g/mol. The molecular formula is C23H30N2O3S. The van der Waals surface area contributed by atoms with Crippen LogP contribution in [0.2, 0.25) is 0 Å². The van der Waals surface area contributed by atoms with E-state index in [9.17, 15) is 13.2 Å². The largest absolute Gasteiger partial charge is 0.326 e. The van der Waals surface area contributed by atoms with Crippen molar-refractivity contribution in [3.05, 3.63) is 59.7 Å². The number of amides is 1. The first-order chi connectivity index (χ1) is 14.0. The van der Waals surface area contributed by atoms with Crippen LogP contribution in [0, 0.1) is 0 Å². The number of nitrogens with one attached hydrogen (secondary N) is 2. The van der Waals surface area contributed by atoms with Gasteiger partial charge in [-0.1, -0.05) is 56.5 Å². The van der Waals surface area contributed by atoms with Crippen LogP contribution in [0.3, 0.4) is 0 Å². The Labute approximate surface area is 174 Å². The van der Waals surface area contributed by atoms with Gasteiger partial charge in [0, 0.05) is 18.2 Å². The zero-order valence-corrected chi connectivity index (χ0v) is 17.8. The van der Waals surface area contributed by atoms with Crippen molar-refractivity contribution in [3.8, 4) is 0 Å². The lowest BCUT2D eigenvalue weighted by molar-refractivity contribution is -0.116. The summed E-state index contributed by atoms with van der Waals surface area (Å²) < 4.78 is 28.0. The minimum atomic E-state index is -3.49. The van der Waals surface area contributed by atoms with Crippen LogP contribution in [0.25, 0.3) is 0 Å². The van der Waals surface area contributed by atoms with Crippen molar-refractivity contribution >= 4 is 21.6 Å². The predicted molar refractivity (Wildman–Crippen MR) is 116 cm³/mol. The second kappa shape index (κ2) is 10.0. The van der Waals surface area contributed by atoms with E-state index >= 15 is 0 Å². The van der Waals surface area contributed by atoms with Crippen molar-refractivity contribution in [2.75, 3.05) is 5.32 Å². The summed E-state index contributed by atoms with van der Waals surface area (Å²) in [6.45, 7) is 2.06. The van der Waals surface area contributed by atoms with E-state index < -0.39 is 10.0 Å². The molecule has 3 rings (SSSR count). The minimum Gasteiger partial charge on any atom is -0.326 e. The van der Waals surface area contributed by atoms with Gasteiger partial charge in [-0.2, -0.15) is 0 Å². The molecule has 156 valence electrons. The number of hydrogen-bond donors (Lipinski definition) is 2. The molecule has 0 bridgehead atoms. The van der Waals surface area contributed by atoms with Crippen molar-refractivity contribution in [2.24, 2.45) is 0 Å². The fraction of sp³-hybridized carbons (Fsp3) is 0.435. The molecule has 1 amide bonds. The minimum absolute atomic E-state index is 0.0402. The maximum absolute atomic E-state index is 12.6. The molecule has 0 atom stereocenters. The number of benzene rings is 2. The molecule has 0 saturated heterocycles. The topological polar surface area (TPSA) is 75.3 Å². The summed E-state index contributed by atoms with van der Waals surface area (Å²) in [6, 6.07) is 14.7. The van der Waals surface area contributed by atoms with Gasteiger partial charge in [0.1, 0.15) is 0 Å². The van der Waals surface area contributed by atoms with Gasteiger partial charge in [-0.3, -0.25) is 4.79 Å². The van der Waals surface area contributed by atoms with E-state index in [-0.39, 0.29) is 16.8 Å². The monoisotopic (exact) mass is 414 g/mol. The van der Waals surface area contributed by atoms with Gasteiger partial charge >= 0.3 is 0 Å². The van der Waals surface area contributed by atoms with Crippen LogP contribution in [0.15, 0.2) is 53.4 Å². The molecule has 0 spiro atoms. The second-order valence-corrected chi connectivity index (χ2v) is 9.37. The zero-order chi connectivity index (χ0) is 20.7. The first-order valence-corrected chi connectivity index (χ1v) is 12.0. The maximum Gasteiger partial charge on any atom is 0.240 e. The third-order valence-corrected chi connectivity index (χ3v) is 7.01. The van der Waals surface area contributed by atoms with Gasteiger partial charge in [0.25, 0.3) is 0 Å². The summed E-state index contributed by atoms with van der Waals surface area (Å²) in [4.78, 5) is 12.6. The summed E-state index contributed by atoms with van der Waals surface area (Å²) in [7, 11) is -3.49. The van der Waals surface area contributed by atoms with Crippen molar-refractivity contribution < 1.29 is 13.2 Å². The molecule has 1 saturated carbocycles. The summed E-state index contributed by atoms with van der Waals surface area (Å²) in [5.41, 5.74) is 2.91. The molecular weight excluding hydrogens is 384 g/mol. The fourth-order valence-electron chi connectivity index (χ4n) is 3.76. The zero-order valence-electron chi connectivity index (χ0n) is 17.0. The number of rotatable bonds is 8. The first-order valence-electron chi connectivity index (χ1n) is 10.5. The van der Waals surface area contributed by atoms with Crippen LogP contribution in [0.1, 0.15) is 56.6 Å². The third-order valence-electron chi connectivity index (χ3n) is 5.47. The van der Waals surface area contributed by atoms with Gasteiger partial charge in [0.2, 0.25) is 15.9 Å². The van der Waals surface area contributed by atoms with E-state index in [0.717, 1.165) is 48.9 Å². The first kappa shape index (κ1) is 21.5. The van der Waals surface area contributed by atoms with Crippen molar-refractivity contribution in [1.82, 2.24) is 4.72 Å². The number of hydrogen-bond acceptors (Lipinski definition) is 3. The molecule has 0 radical (unpaired) electrons. The molecule has 2 N–H and O–H groups in total. The molecule has 1 aliphatic carbocycles. The summed E-state index contributed by atoms with van der Waals surface area (Å²) in [5, 5.41) is 2.97. The number of sulfonamides is 1. The van der Waals surface area contributed by atoms with E-state index in [2.05, 4.69) is 17.0 Å². The Morgan fingerprint density at radius 3 is 2.38 bits per heavy atom. The Kier molecular flexibility index (Phi) is 7.45. The summed E-state index contributed by atoms with van der Waals surface area (Å²) in [6.07, 6.45) is 6.95. The van der Waals surface area contributed by atoms with Crippen LogP contribution in [-0.2, 0) is 27.7 Å². The van der Waals surface area contributed by atoms with E-state index in [4.69, 9.17) is 0 Å². The normalized spacial score (nSPS) is 15.2. The Morgan fingerprint density at radius 2 is 1.69 bits per heavy atom. The van der Waals surface area contributed by atoms with Gasteiger partial charge < -0.3 is 5.32 Å². The molecule has 0 unspecified atom stereocenters. The molecule has 29 heavy (non-hydrogen) atoms. The predicted octanol–water partition coefficient (Wildman–Crippen LogP) is 4.43. The van der Waals surface area contributed by atoms with Crippen LogP contribution < -0.4 is 10.0 Å². The van der Waals surface area contributed by atoms with Crippen LogP contribution in [0.4, 0.5) is 5.69 Å². The van der Waals surface area contributed by atoms with Gasteiger partial charge in [-0.15, -0.1) is 0 Å². The van der Waals surface area contributed by atoms with Crippen LogP contribution in [0.5, 0.6) is 0 Å². The fourth-order valence-corrected chi connectivity index (χ4v) is 5.07. The lowest BCUT2D eigenvalue weighted by Crippen LogP contribution is -2.36. The quantitative estimate of drug-likeness (QED) is 0.671. The second-order valence-electron chi connectivity index (χ2n) is 7.66. The molecule has 2 aromatic carbocycles. The molecule has 6 heteroatoms. The van der Waals surface area contributed by atoms with Gasteiger partial charge in [0.15, 0.2) is 0 Å². The molecule has 0 aromatic heterocycles. The number of carbonyl (C=O) groups excluding carboxylic acids is 1. The Balaban J connectivity index is 1.54. The lowest BCUT2D eigenvalue weighted by atomic mass is 9.96. The summed E-state index contributed by atoms with van der Waals surface area (Å²) >= 11 is 0. The Hall–Kier alpha value is -2.18. The standard InChI is InChI=1S/C23H30N2O3S/c1-2-19-8-6-7-11-22(19)24-23(26)17-14-18-12-15-21(16-13-18)29(27,28)25-20-9-4-3-5-10-20/h6-8,11-13,15-16,20,25H,2-5,9-10,14,17H2,1H3,(H,24,26). The molecule has 0 heterocycles. The van der Waals surface area contributed by atoms with Crippen LogP contribution >= 0.6 is 0 Å². The molecule has 1 fully saturated rings. The highest BCUT2D eigenvalue weighted by atomic mass is 32.2. The van der Waals surface area contributed by atoms with Gasteiger partial charge in [0.05, 0.1) is 4.90 Å². The SMILES string of the molecule is CCc1ccccc1NC(=O)CCc1ccc(S(=O)(=O)NC2CCCCC2)cc1. The number of para-hydroxylation sites is 1. The highest BCUT2D eigenvalue weighted by molar-refractivity contribution is 7.89. The van der Waals surface area contributed by atoms with E-state index in [1.54, 1.807) is 24.3 Å². The van der Waals surface area contributed by atoms with E-state index in [0.29, 0.717) is 12.8 Å². The van der Waals surface area contributed by atoms with Gasteiger partial charge in [-0.25, -0.2) is 13.1 Å². The van der Waals surface area contributed by atoms with E-state index in [1.165, 1.54) is 6.42 Å². The highest BCUT2D eigenvalue weighted by Crippen LogP contribution is 2.20. The summed E-state index contributed by atoms with van der Waals surface area (Å²) in [5.74, 6) is -0.0402. The lowest BCUT2D eigenvalue weighted by Gasteiger charge is -2.22. The Morgan fingerprint density at radius 1 is 1.00 bits per heavy atom. The molecule has 5 nitrogen and oxygen atoms in total. The number of carbonyl (C=O) groups is 1. The van der Waals surface area contributed by atoms with Crippen molar-refractivity contribution in [1.29, 1.82) is 0 Å². The number of anilines is 1. The molecule has 0 aliphatic heterocycles. The van der Waals surface area contributed by atoms with Crippen molar-refractivity contribution in [3.63, 3.8) is 0 Å².